The van der Waals surface area contributed by atoms with Crippen LogP contribution in [0, 0.1) is 6.92 Å². The zero-order chi connectivity index (χ0) is 23.6. The molecule has 0 fully saturated rings. The van der Waals surface area contributed by atoms with Gasteiger partial charge >= 0.3 is 0 Å². The number of aromatic nitrogens is 2. The van der Waals surface area contributed by atoms with Crippen molar-refractivity contribution in [3.8, 4) is 22.8 Å². The standard InChI is InChI=1S/C26H34N4O3/c1-4-5-15-30(19-26(27)31)24-9-6-7-10-25(24)33-17-8-16-29-18-23(28-20(29)2)21-11-13-22(32-3)14-12-21/h6-7,9-14,18H,4-5,8,15-17,19H2,1-3H3,(H2,27,31). The third kappa shape index (κ3) is 6.75. The molecule has 0 saturated heterocycles. The van der Waals surface area contributed by atoms with E-state index in [4.69, 9.17) is 20.2 Å². The average molecular weight is 451 g/mol. The number of amides is 1. The highest BCUT2D eigenvalue weighted by Gasteiger charge is 2.14. The summed E-state index contributed by atoms with van der Waals surface area (Å²) in [4.78, 5) is 18.3. The Bertz CT molecular complexity index is 1030. The number of hydrogen-bond acceptors (Lipinski definition) is 5. The lowest BCUT2D eigenvalue weighted by Crippen LogP contribution is -2.34. The van der Waals surface area contributed by atoms with E-state index in [1.165, 1.54) is 0 Å². The number of unbranched alkanes of at least 4 members (excludes halogenated alkanes) is 1. The maximum Gasteiger partial charge on any atom is 0.236 e. The SMILES string of the molecule is CCCCN(CC(N)=O)c1ccccc1OCCCn1cc(-c2ccc(OC)cc2)nc1C. The highest BCUT2D eigenvalue weighted by Crippen LogP contribution is 2.28. The van der Waals surface area contributed by atoms with Crippen LogP contribution in [0.3, 0.4) is 0 Å². The number of para-hydroxylation sites is 2. The molecule has 0 aliphatic heterocycles. The Hall–Kier alpha value is -3.48. The summed E-state index contributed by atoms with van der Waals surface area (Å²) in [5.41, 5.74) is 8.39. The molecular formula is C26H34N4O3. The number of nitrogens with zero attached hydrogens (tertiary/aromatic N) is 3. The Kier molecular flexibility index (Phi) is 8.75. The van der Waals surface area contributed by atoms with E-state index < -0.39 is 0 Å². The first kappa shape index (κ1) is 24.2. The minimum absolute atomic E-state index is 0.183. The summed E-state index contributed by atoms with van der Waals surface area (Å²) >= 11 is 0. The number of carbonyl (C=O) groups is 1. The fourth-order valence-electron chi connectivity index (χ4n) is 3.71. The van der Waals surface area contributed by atoms with Crippen molar-refractivity contribution in [3.63, 3.8) is 0 Å². The summed E-state index contributed by atoms with van der Waals surface area (Å²) in [6, 6.07) is 15.7. The van der Waals surface area contributed by atoms with Gasteiger partial charge in [-0.15, -0.1) is 0 Å². The first-order valence-corrected chi connectivity index (χ1v) is 11.4. The zero-order valence-electron chi connectivity index (χ0n) is 19.8. The molecular weight excluding hydrogens is 416 g/mol. The highest BCUT2D eigenvalue weighted by molar-refractivity contribution is 5.80. The zero-order valence-corrected chi connectivity index (χ0v) is 19.8. The van der Waals surface area contributed by atoms with Crippen LogP contribution >= 0.6 is 0 Å². The quantitative estimate of drug-likeness (QED) is 0.390. The second-order valence-electron chi connectivity index (χ2n) is 8.01. The van der Waals surface area contributed by atoms with E-state index in [1.54, 1.807) is 7.11 Å². The van der Waals surface area contributed by atoms with Gasteiger partial charge in [-0.2, -0.15) is 0 Å². The minimum atomic E-state index is -0.343. The average Bonchev–Trinajstić information content (AvgIpc) is 3.20. The van der Waals surface area contributed by atoms with Gasteiger partial charge in [-0.25, -0.2) is 4.98 Å². The van der Waals surface area contributed by atoms with Crippen molar-refractivity contribution in [2.24, 2.45) is 5.73 Å². The molecule has 33 heavy (non-hydrogen) atoms. The molecule has 7 heteroatoms. The van der Waals surface area contributed by atoms with Crippen molar-refractivity contribution < 1.29 is 14.3 Å². The molecule has 176 valence electrons. The number of aryl methyl sites for hydroxylation is 2. The van der Waals surface area contributed by atoms with Crippen LogP contribution in [-0.4, -0.2) is 42.3 Å². The Morgan fingerprint density at radius 1 is 1.12 bits per heavy atom. The lowest BCUT2D eigenvalue weighted by atomic mass is 10.2. The largest absolute Gasteiger partial charge is 0.497 e. The topological polar surface area (TPSA) is 82.6 Å². The maximum absolute atomic E-state index is 11.6. The number of methoxy groups -OCH3 is 1. The molecule has 1 aromatic heterocycles. The molecule has 0 radical (unpaired) electrons. The summed E-state index contributed by atoms with van der Waals surface area (Å²) in [6.07, 6.45) is 4.93. The first-order chi connectivity index (χ1) is 16.0. The number of nitrogens with two attached hydrogens (primary N) is 1. The molecule has 1 heterocycles. The second-order valence-corrected chi connectivity index (χ2v) is 8.01. The molecule has 3 aromatic rings. The van der Waals surface area contributed by atoms with Crippen molar-refractivity contribution in [3.05, 3.63) is 60.6 Å². The lowest BCUT2D eigenvalue weighted by molar-refractivity contribution is -0.116. The molecule has 0 aliphatic carbocycles. The van der Waals surface area contributed by atoms with Crippen LogP contribution in [0.2, 0.25) is 0 Å². The van der Waals surface area contributed by atoms with Crippen LogP contribution in [0.5, 0.6) is 11.5 Å². The highest BCUT2D eigenvalue weighted by atomic mass is 16.5. The number of ether oxygens (including phenoxy) is 2. The maximum atomic E-state index is 11.6. The van der Waals surface area contributed by atoms with Gasteiger partial charge < -0.3 is 24.7 Å². The predicted octanol–water partition coefficient (Wildman–Crippen LogP) is 4.43. The van der Waals surface area contributed by atoms with Gasteiger partial charge in [0.2, 0.25) is 5.91 Å². The summed E-state index contributed by atoms with van der Waals surface area (Å²) in [5, 5.41) is 0. The van der Waals surface area contributed by atoms with E-state index in [1.807, 2.05) is 60.4 Å². The molecule has 2 N–H and O–H groups in total. The molecule has 0 saturated carbocycles. The fraction of sp³-hybridized carbons (Fsp3) is 0.385. The van der Waals surface area contributed by atoms with Crippen LogP contribution in [0.1, 0.15) is 32.0 Å². The molecule has 0 aliphatic rings. The second kappa shape index (κ2) is 11.9. The Morgan fingerprint density at radius 2 is 1.88 bits per heavy atom. The van der Waals surface area contributed by atoms with Crippen LogP contribution in [0.25, 0.3) is 11.3 Å². The third-order valence-corrected chi connectivity index (χ3v) is 5.50. The van der Waals surface area contributed by atoms with Crippen LogP contribution in [-0.2, 0) is 11.3 Å². The summed E-state index contributed by atoms with van der Waals surface area (Å²) in [7, 11) is 1.66. The fourth-order valence-corrected chi connectivity index (χ4v) is 3.71. The van der Waals surface area contributed by atoms with Gasteiger partial charge in [0.25, 0.3) is 0 Å². The normalized spacial score (nSPS) is 10.8. The Morgan fingerprint density at radius 3 is 2.58 bits per heavy atom. The number of primary amides is 1. The molecule has 1 amide bonds. The van der Waals surface area contributed by atoms with E-state index in [9.17, 15) is 4.79 Å². The van der Waals surface area contributed by atoms with Gasteiger partial charge in [0.15, 0.2) is 0 Å². The van der Waals surface area contributed by atoms with Crippen molar-refractivity contribution in [1.29, 1.82) is 0 Å². The first-order valence-electron chi connectivity index (χ1n) is 11.4. The van der Waals surface area contributed by atoms with Gasteiger partial charge in [-0.05, 0) is 56.2 Å². The van der Waals surface area contributed by atoms with Crippen LogP contribution < -0.4 is 20.1 Å². The third-order valence-electron chi connectivity index (χ3n) is 5.50. The molecule has 0 spiro atoms. The van der Waals surface area contributed by atoms with Gasteiger partial charge in [-0.3, -0.25) is 4.79 Å². The van der Waals surface area contributed by atoms with Gasteiger partial charge in [0, 0.05) is 24.8 Å². The van der Waals surface area contributed by atoms with Gasteiger partial charge in [0.1, 0.15) is 17.3 Å². The van der Waals surface area contributed by atoms with E-state index in [0.29, 0.717) is 6.61 Å². The van der Waals surface area contributed by atoms with Gasteiger partial charge in [-0.1, -0.05) is 25.5 Å². The number of rotatable bonds is 13. The van der Waals surface area contributed by atoms with Crippen molar-refractivity contribution >= 4 is 11.6 Å². The predicted molar refractivity (Wildman–Crippen MR) is 132 cm³/mol. The van der Waals surface area contributed by atoms with Crippen molar-refractivity contribution in [2.75, 3.05) is 31.7 Å². The molecule has 0 bridgehead atoms. The Balaban J connectivity index is 1.60. The molecule has 0 atom stereocenters. The number of benzene rings is 2. The lowest BCUT2D eigenvalue weighted by Gasteiger charge is -2.25. The van der Waals surface area contributed by atoms with Crippen molar-refractivity contribution in [1.82, 2.24) is 9.55 Å². The minimum Gasteiger partial charge on any atom is -0.497 e. The smallest absolute Gasteiger partial charge is 0.236 e. The molecule has 7 nitrogen and oxygen atoms in total. The van der Waals surface area contributed by atoms with E-state index in [-0.39, 0.29) is 12.5 Å². The number of carbonyl (C=O) groups excluding carboxylic acids is 1. The number of anilines is 1. The van der Waals surface area contributed by atoms with Crippen LogP contribution in [0.15, 0.2) is 54.7 Å². The Labute approximate surface area is 196 Å². The monoisotopic (exact) mass is 450 g/mol. The summed E-state index contributed by atoms with van der Waals surface area (Å²) in [6.45, 7) is 6.45. The summed E-state index contributed by atoms with van der Waals surface area (Å²) in [5.74, 6) is 2.23. The van der Waals surface area contributed by atoms with E-state index >= 15 is 0 Å². The molecule has 3 rings (SSSR count). The number of hydrogen-bond donors (Lipinski definition) is 1. The molecule has 2 aromatic carbocycles. The van der Waals surface area contributed by atoms with Crippen molar-refractivity contribution in [2.45, 2.75) is 39.7 Å². The van der Waals surface area contributed by atoms with Gasteiger partial charge in [0.05, 0.1) is 31.6 Å². The van der Waals surface area contributed by atoms with E-state index in [0.717, 1.165) is 66.6 Å². The molecule has 0 unspecified atom stereocenters. The number of imidazole rings is 1. The van der Waals surface area contributed by atoms with Crippen LogP contribution in [0.4, 0.5) is 5.69 Å². The van der Waals surface area contributed by atoms with E-state index in [2.05, 4.69) is 17.7 Å². The summed E-state index contributed by atoms with van der Waals surface area (Å²) < 4.78 is 13.5.